The largest absolute Gasteiger partial charge is 0.484 e. The van der Waals surface area contributed by atoms with Gasteiger partial charge in [-0.3, -0.25) is 19.2 Å². The van der Waals surface area contributed by atoms with Crippen LogP contribution in [0.5, 0.6) is 5.75 Å². The molecule has 0 heterocycles. The normalized spacial score (nSPS) is 10.1. The van der Waals surface area contributed by atoms with Gasteiger partial charge in [0.05, 0.1) is 0 Å². The number of primary amides is 1. The van der Waals surface area contributed by atoms with Gasteiger partial charge in [-0.15, -0.1) is 0 Å². The van der Waals surface area contributed by atoms with E-state index in [1.807, 2.05) is 0 Å². The number of nitrogens with two attached hydrogens (primary N) is 1. The molecule has 31 heavy (non-hydrogen) atoms. The third kappa shape index (κ3) is 8.52. The quantitative estimate of drug-likeness (QED) is 0.506. The molecule has 0 aromatic heterocycles. The number of halogens is 1. The van der Waals surface area contributed by atoms with E-state index in [2.05, 4.69) is 5.32 Å². The summed E-state index contributed by atoms with van der Waals surface area (Å²) in [6.45, 7) is -1.44. The van der Waals surface area contributed by atoms with Crippen LogP contribution in [0.3, 0.4) is 0 Å². The number of carbonyl (C=O) groups is 4. The number of benzene rings is 2. The van der Waals surface area contributed by atoms with Crippen LogP contribution in [0, 0.1) is 5.82 Å². The number of anilines is 1. The summed E-state index contributed by atoms with van der Waals surface area (Å²) in [5.41, 5.74) is 5.44. The molecule has 0 bridgehead atoms. The van der Waals surface area contributed by atoms with Crippen molar-refractivity contribution < 1.29 is 33.0 Å². The number of carbonyl (C=O) groups excluding carboxylic acids is 4. The second kappa shape index (κ2) is 11.9. The van der Waals surface area contributed by atoms with Crippen LogP contribution in [-0.2, 0) is 23.9 Å². The highest BCUT2D eigenvalue weighted by molar-refractivity contribution is 5.96. The summed E-state index contributed by atoms with van der Waals surface area (Å²) in [6.07, 6.45) is -0.130. The minimum Gasteiger partial charge on any atom is -0.484 e. The van der Waals surface area contributed by atoms with Crippen LogP contribution < -0.4 is 20.7 Å². The zero-order chi connectivity index (χ0) is 22.6. The molecule has 3 amide bonds. The van der Waals surface area contributed by atoms with Crippen molar-refractivity contribution in [1.29, 1.82) is 0 Å². The molecule has 0 fully saturated rings. The Bertz CT molecular complexity index is 905. The lowest BCUT2D eigenvalue weighted by molar-refractivity contribution is -0.147. The number of esters is 1. The third-order valence-electron chi connectivity index (χ3n) is 3.92. The minimum absolute atomic E-state index is 0.0646. The van der Waals surface area contributed by atoms with Crippen LogP contribution in [0.4, 0.5) is 10.1 Å². The maximum absolute atomic E-state index is 13.1. The molecule has 9 nitrogen and oxygen atoms in total. The van der Waals surface area contributed by atoms with Crippen LogP contribution in [-0.4, -0.2) is 50.0 Å². The molecule has 0 saturated carbocycles. The number of amides is 3. The van der Waals surface area contributed by atoms with Gasteiger partial charge in [0.1, 0.15) is 18.1 Å². The van der Waals surface area contributed by atoms with Gasteiger partial charge in [-0.2, -0.15) is 0 Å². The second-order valence-electron chi connectivity index (χ2n) is 6.28. The molecule has 0 spiro atoms. The maximum atomic E-state index is 13.1. The summed E-state index contributed by atoms with van der Waals surface area (Å²) < 4.78 is 23.2. The van der Waals surface area contributed by atoms with Gasteiger partial charge in [-0.1, -0.05) is 18.2 Å². The topological polar surface area (TPSA) is 128 Å². The highest BCUT2D eigenvalue weighted by atomic mass is 19.1. The SMILES string of the molecule is NC(=O)CCN(C(=O)COC(=O)CNC(=O)COc1ccccc1)c1ccc(F)cc1. The van der Waals surface area contributed by atoms with Crippen molar-refractivity contribution in [2.45, 2.75) is 6.42 Å². The Balaban J connectivity index is 1.79. The van der Waals surface area contributed by atoms with Gasteiger partial charge in [0.25, 0.3) is 11.8 Å². The number of rotatable bonds is 11. The van der Waals surface area contributed by atoms with E-state index in [0.717, 1.165) is 17.0 Å². The molecule has 10 heteroatoms. The Morgan fingerprint density at radius 1 is 0.968 bits per heavy atom. The molecule has 2 aromatic carbocycles. The molecule has 2 rings (SSSR count). The van der Waals surface area contributed by atoms with E-state index in [4.69, 9.17) is 15.2 Å². The molecule has 0 aliphatic heterocycles. The lowest BCUT2D eigenvalue weighted by atomic mass is 10.2. The van der Waals surface area contributed by atoms with Gasteiger partial charge in [0.15, 0.2) is 13.2 Å². The first-order chi connectivity index (χ1) is 14.8. The summed E-state index contributed by atoms with van der Waals surface area (Å²) in [4.78, 5) is 48.2. The van der Waals surface area contributed by atoms with Gasteiger partial charge in [-0.25, -0.2) is 4.39 Å². The van der Waals surface area contributed by atoms with E-state index >= 15 is 0 Å². The average Bonchev–Trinajstić information content (AvgIpc) is 2.76. The van der Waals surface area contributed by atoms with E-state index in [-0.39, 0.29) is 19.6 Å². The summed E-state index contributed by atoms with van der Waals surface area (Å²) >= 11 is 0. The van der Waals surface area contributed by atoms with Crippen LogP contribution in [0.2, 0.25) is 0 Å². The standard InChI is InChI=1S/C21H22FN3O6/c22-15-6-8-16(9-7-15)25(11-10-18(23)26)20(28)14-31-21(29)12-24-19(27)13-30-17-4-2-1-3-5-17/h1-9H,10-14H2,(H2,23,26)(H,24,27). The molecule has 0 unspecified atom stereocenters. The lowest BCUT2D eigenvalue weighted by Crippen LogP contribution is -2.39. The molecule has 0 radical (unpaired) electrons. The van der Waals surface area contributed by atoms with Gasteiger partial charge >= 0.3 is 5.97 Å². The summed E-state index contributed by atoms with van der Waals surface area (Å²) in [5.74, 6) is -2.64. The van der Waals surface area contributed by atoms with E-state index in [1.54, 1.807) is 30.3 Å². The first-order valence-electron chi connectivity index (χ1n) is 9.29. The maximum Gasteiger partial charge on any atom is 0.325 e. The molecule has 0 aliphatic rings. The highest BCUT2D eigenvalue weighted by Crippen LogP contribution is 2.15. The fraction of sp³-hybridized carbons (Fsp3) is 0.238. The summed E-state index contributed by atoms with van der Waals surface area (Å²) in [7, 11) is 0. The van der Waals surface area contributed by atoms with Crippen LogP contribution in [0.1, 0.15) is 6.42 Å². The van der Waals surface area contributed by atoms with Gasteiger partial charge in [-0.05, 0) is 36.4 Å². The lowest BCUT2D eigenvalue weighted by Gasteiger charge is -2.22. The Morgan fingerprint density at radius 3 is 2.29 bits per heavy atom. The van der Waals surface area contributed by atoms with E-state index in [0.29, 0.717) is 11.4 Å². The Morgan fingerprint density at radius 2 is 1.65 bits per heavy atom. The molecule has 0 aliphatic carbocycles. The van der Waals surface area contributed by atoms with E-state index in [1.165, 1.54) is 12.1 Å². The Labute approximate surface area is 177 Å². The predicted molar refractivity (Wildman–Crippen MR) is 108 cm³/mol. The zero-order valence-corrected chi connectivity index (χ0v) is 16.6. The van der Waals surface area contributed by atoms with Crippen molar-refractivity contribution in [3.8, 4) is 5.75 Å². The number of nitrogens with one attached hydrogen (secondary N) is 1. The Hall–Kier alpha value is -3.95. The minimum atomic E-state index is -0.838. The Kier molecular flexibility index (Phi) is 8.96. The first-order valence-corrected chi connectivity index (χ1v) is 9.29. The molecule has 2 aromatic rings. The summed E-state index contributed by atoms with van der Waals surface area (Å²) in [5, 5.41) is 2.32. The van der Waals surface area contributed by atoms with E-state index in [9.17, 15) is 23.6 Å². The molecular formula is C21H22FN3O6. The predicted octanol–water partition coefficient (Wildman–Crippen LogP) is 0.773. The zero-order valence-electron chi connectivity index (χ0n) is 16.6. The van der Waals surface area contributed by atoms with Crippen LogP contribution in [0.15, 0.2) is 54.6 Å². The first kappa shape index (κ1) is 23.3. The highest BCUT2D eigenvalue weighted by Gasteiger charge is 2.19. The third-order valence-corrected chi connectivity index (χ3v) is 3.92. The fourth-order valence-corrected chi connectivity index (χ4v) is 2.40. The van der Waals surface area contributed by atoms with Gasteiger partial charge < -0.3 is 25.4 Å². The van der Waals surface area contributed by atoms with Crippen molar-refractivity contribution in [2.24, 2.45) is 5.73 Å². The second-order valence-corrected chi connectivity index (χ2v) is 6.28. The number of nitrogens with zero attached hydrogens (tertiary/aromatic N) is 1. The molecule has 0 atom stereocenters. The van der Waals surface area contributed by atoms with Crippen molar-refractivity contribution in [3.63, 3.8) is 0 Å². The van der Waals surface area contributed by atoms with Crippen molar-refractivity contribution in [2.75, 3.05) is 31.2 Å². The molecule has 0 saturated heterocycles. The molecular weight excluding hydrogens is 409 g/mol. The number of hydrogen-bond donors (Lipinski definition) is 2. The smallest absolute Gasteiger partial charge is 0.325 e. The number of hydrogen-bond acceptors (Lipinski definition) is 6. The van der Waals surface area contributed by atoms with Crippen molar-refractivity contribution in [1.82, 2.24) is 5.32 Å². The number of ether oxygens (including phenoxy) is 2. The van der Waals surface area contributed by atoms with Crippen molar-refractivity contribution in [3.05, 3.63) is 60.4 Å². The number of para-hydroxylation sites is 1. The van der Waals surface area contributed by atoms with Crippen LogP contribution in [0.25, 0.3) is 0 Å². The summed E-state index contributed by atoms with van der Waals surface area (Å²) in [6, 6.07) is 13.7. The van der Waals surface area contributed by atoms with Crippen LogP contribution >= 0.6 is 0 Å². The van der Waals surface area contributed by atoms with Gasteiger partial charge in [0, 0.05) is 18.7 Å². The fourth-order valence-electron chi connectivity index (χ4n) is 2.40. The van der Waals surface area contributed by atoms with Crippen molar-refractivity contribution >= 4 is 29.4 Å². The molecule has 3 N–H and O–H groups in total. The average molecular weight is 431 g/mol. The van der Waals surface area contributed by atoms with Gasteiger partial charge in [0.2, 0.25) is 5.91 Å². The molecule has 164 valence electrons. The van der Waals surface area contributed by atoms with E-state index < -0.39 is 42.7 Å². The monoisotopic (exact) mass is 431 g/mol.